The SMILES string of the molecule is NC(=O)CC(NC(=O)CNC(=O)CNC(=O)C(N)Cc1ccc(O)cc1)C(=O)O. The minimum Gasteiger partial charge on any atom is -0.508 e. The van der Waals surface area contributed by atoms with Crippen LogP contribution in [-0.4, -0.2) is 65.0 Å². The van der Waals surface area contributed by atoms with Crippen molar-refractivity contribution in [1.82, 2.24) is 16.0 Å². The van der Waals surface area contributed by atoms with Crippen LogP contribution in [0.15, 0.2) is 24.3 Å². The van der Waals surface area contributed by atoms with E-state index in [0.717, 1.165) is 5.56 Å². The average molecular weight is 409 g/mol. The topological polar surface area (TPSA) is 214 Å². The molecular weight excluding hydrogens is 386 g/mol. The van der Waals surface area contributed by atoms with Gasteiger partial charge in [0.1, 0.15) is 11.8 Å². The molecule has 4 amide bonds. The number of phenolic OH excluding ortho intramolecular Hbond substituents is 1. The van der Waals surface area contributed by atoms with Crippen molar-refractivity contribution in [2.45, 2.75) is 24.9 Å². The second-order valence-electron chi connectivity index (χ2n) is 6.10. The lowest BCUT2D eigenvalue weighted by atomic mass is 10.1. The van der Waals surface area contributed by atoms with Gasteiger partial charge in [-0.15, -0.1) is 0 Å². The quantitative estimate of drug-likeness (QED) is 0.199. The van der Waals surface area contributed by atoms with Crippen molar-refractivity contribution in [3.63, 3.8) is 0 Å². The Hall–Kier alpha value is -3.67. The third-order valence-electron chi connectivity index (χ3n) is 3.64. The maximum Gasteiger partial charge on any atom is 0.326 e. The minimum absolute atomic E-state index is 0.0804. The Bertz CT molecular complexity index is 766. The van der Waals surface area contributed by atoms with Crippen LogP contribution < -0.4 is 27.4 Å². The number of amides is 4. The van der Waals surface area contributed by atoms with E-state index in [2.05, 4.69) is 10.6 Å². The summed E-state index contributed by atoms with van der Waals surface area (Å²) in [7, 11) is 0. The number of phenols is 1. The fourth-order valence-electron chi connectivity index (χ4n) is 2.17. The van der Waals surface area contributed by atoms with E-state index >= 15 is 0 Å². The van der Waals surface area contributed by atoms with Gasteiger partial charge in [0.25, 0.3) is 0 Å². The fraction of sp³-hybridized carbons (Fsp3) is 0.353. The van der Waals surface area contributed by atoms with Crippen LogP contribution in [0.1, 0.15) is 12.0 Å². The summed E-state index contributed by atoms with van der Waals surface area (Å²) in [4.78, 5) is 57.0. The van der Waals surface area contributed by atoms with Crippen LogP contribution in [0.25, 0.3) is 0 Å². The zero-order chi connectivity index (χ0) is 22.0. The number of carboxylic acid groups (broad SMARTS) is 1. The average Bonchev–Trinajstić information content (AvgIpc) is 2.65. The molecule has 0 saturated heterocycles. The van der Waals surface area contributed by atoms with Gasteiger partial charge in [-0.05, 0) is 24.1 Å². The Morgan fingerprint density at radius 3 is 2.10 bits per heavy atom. The first-order chi connectivity index (χ1) is 13.6. The van der Waals surface area contributed by atoms with E-state index in [0.29, 0.717) is 0 Å². The first-order valence-electron chi connectivity index (χ1n) is 8.47. The Labute approximate surface area is 165 Å². The number of nitrogens with one attached hydrogen (secondary N) is 3. The summed E-state index contributed by atoms with van der Waals surface area (Å²) < 4.78 is 0. The molecule has 0 aliphatic heterocycles. The molecule has 9 N–H and O–H groups in total. The van der Waals surface area contributed by atoms with E-state index in [1.807, 2.05) is 5.32 Å². The van der Waals surface area contributed by atoms with Crippen molar-refractivity contribution >= 4 is 29.6 Å². The minimum atomic E-state index is -1.51. The molecule has 0 bridgehead atoms. The molecule has 12 heteroatoms. The van der Waals surface area contributed by atoms with Gasteiger partial charge in [-0.1, -0.05) is 12.1 Å². The summed E-state index contributed by atoms with van der Waals surface area (Å²) in [6, 6.07) is 3.69. The molecule has 0 fully saturated rings. The lowest BCUT2D eigenvalue weighted by Gasteiger charge is -2.14. The second-order valence-corrected chi connectivity index (χ2v) is 6.10. The number of primary amides is 1. The molecular formula is C17H23N5O7. The van der Waals surface area contributed by atoms with Crippen molar-refractivity contribution in [1.29, 1.82) is 0 Å². The predicted molar refractivity (Wildman–Crippen MR) is 99.2 cm³/mol. The van der Waals surface area contributed by atoms with Gasteiger partial charge < -0.3 is 37.6 Å². The molecule has 0 aromatic heterocycles. The standard InChI is InChI=1S/C17H23N5O7/c18-11(5-9-1-3-10(23)4-2-9)16(27)21-7-14(25)20-8-15(26)22-12(17(28)29)6-13(19)24/h1-4,11-12,23H,5-8,18H2,(H2,19,24)(H,20,25)(H,21,27)(H,22,26)(H,28,29). The normalized spacial score (nSPS) is 12.3. The molecule has 0 saturated carbocycles. The molecule has 1 rings (SSSR count). The maximum atomic E-state index is 11.9. The summed E-state index contributed by atoms with van der Waals surface area (Å²) >= 11 is 0. The van der Waals surface area contributed by atoms with Crippen LogP contribution in [-0.2, 0) is 30.4 Å². The Kier molecular flexibility index (Phi) is 9.05. The second kappa shape index (κ2) is 11.2. The molecule has 158 valence electrons. The van der Waals surface area contributed by atoms with Gasteiger partial charge in [0.15, 0.2) is 0 Å². The third kappa shape index (κ3) is 9.19. The maximum absolute atomic E-state index is 11.9. The van der Waals surface area contributed by atoms with Gasteiger partial charge in [-0.2, -0.15) is 0 Å². The number of hydrogen-bond acceptors (Lipinski definition) is 7. The highest BCUT2D eigenvalue weighted by Gasteiger charge is 2.22. The summed E-state index contributed by atoms with van der Waals surface area (Å²) in [6.45, 7) is -1.00. The number of carbonyl (C=O) groups excluding carboxylic acids is 4. The van der Waals surface area contributed by atoms with E-state index in [4.69, 9.17) is 16.6 Å². The highest BCUT2D eigenvalue weighted by molar-refractivity contribution is 5.92. The van der Waals surface area contributed by atoms with Crippen LogP contribution in [0.4, 0.5) is 0 Å². The van der Waals surface area contributed by atoms with Crippen LogP contribution in [0.3, 0.4) is 0 Å². The molecule has 29 heavy (non-hydrogen) atoms. The molecule has 0 radical (unpaired) electrons. The number of benzene rings is 1. The molecule has 0 spiro atoms. The van der Waals surface area contributed by atoms with Crippen LogP contribution in [0, 0.1) is 0 Å². The van der Waals surface area contributed by atoms with Crippen molar-refractivity contribution in [3.8, 4) is 5.75 Å². The molecule has 0 heterocycles. The molecule has 0 aliphatic carbocycles. The first kappa shape index (κ1) is 23.4. The monoisotopic (exact) mass is 409 g/mol. The lowest BCUT2D eigenvalue weighted by molar-refractivity contribution is -0.143. The molecule has 1 aromatic carbocycles. The summed E-state index contributed by atoms with van der Waals surface area (Å²) in [5.41, 5.74) is 11.4. The largest absolute Gasteiger partial charge is 0.508 e. The number of aliphatic carboxylic acids is 1. The number of aromatic hydroxyl groups is 1. The van der Waals surface area contributed by atoms with E-state index in [9.17, 15) is 29.1 Å². The highest BCUT2D eigenvalue weighted by Crippen LogP contribution is 2.10. The van der Waals surface area contributed by atoms with E-state index in [1.54, 1.807) is 12.1 Å². The van der Waals surface area contributed by atoms with Crippen LogP contribution >= 0.6 is 0 Å². The van der Waals surface area contributed by atoms with E-state index in [-0.39, 0.29) is 12.2 Å². The van der Waals surface area contributed by atoms with E-state index in [1.165, 1.54) is 12.1 Å². The van der Waals surface area contributed by atoms with Gasteiger partial charge >= 0.3 is 5.97 Å². The molecule has 2 unspecified atom stereocenters. The van der Waals surface area contributed by atoms with Gasteiger partial charge in [-0.3, -0.25) is 19.2 Å². The first-order valence-corrected chi connectivity index (χ1v) is 8.47. The Balaban J connectivity index is 2.35. The fourth-order valence-corrected chi connectivity index (χ4v) is 2.17. The molecule has 1 aromatic rings. The number of hydrogen-bond donors (Lipinski definition) is 7. The number of carboxylic acids is 1. The highest BCUT2D eigenvalue weighted by atomic mass is 16.4. The predicted octanol–water partition coefficient (Wildman–Crippen LogP) is -3.06. The number of carbonyl (C=O) groups is 5. The van der Waals surface area contributed by atoms with Gasteiger partial charge in [-0.25, -0.2) is 4.79 Å². The Morgan fingerprint density at radius 2 is 1.55 bits per heavy atom. The molecule has 12 nitrogen and oxygen atoms in total. The van der Waals surface area contributed by atoms with Crippen molar-refractivity contribution in [2.24, 2.45) is 11.5 Å². The van der Waals surface area contributed by atoms with Gasteiger partial charge in [0.05, 0.1) is 25.6 Å². The number of rotatable bonds is 11. The molecule has 2 atom stereocenters. The smallest absolute Gasteiger partial charge is 0.326 e. The lowest BCUT2D eigenvalue weighted by Crippen LogP contribution is -2.49. The summed E-state index contributed by atoms with van der Waals surface area (Å²) in [5.74, 6) is -4.41. The third-order valence-corrected chi connectivity index (χ3v) is 3.64. The van der Waals surface area contributed by atoms with Crippen molar-refractivity contribution in [2.75, 3.05) is 13.1 Å². The molecule has 0 aliphatic rings. The number of nitrogens with two attached hydrogens (primary N) is 2. The summed E-state index contributed by atoms with van der Waals surface area (Å²) in [5, 5.41) is 24.6. The zero-order valence-corrected chi connectivity index (χ0v) is 15.4. The van der Waals surface area contributed by atoms with Gasteiger partial charge in [0.2, 0.25) is 23.6 Å². The Morgan fingerprint density at radius 1 is 0.966 bits per heavy atom. The van der Waals surface area contributed by atoms with E-state index < -0.39 is 61.2 Å². The van der Waals surface area contributed by atoms with Crippen LogP contribution in [0.5, 0.6) is 5.75 Å². The summed E-state index contributed by atoms with van der Waals surface area (Å²) in [6.07, 6.45) is -0.406. The van der Waals surface area contributed by atoms with Crippen LogP contribution in [0.2, 0.25) is 0 Å². The van der Waals surface area contributed by atoms with Crippen molar-refractivity contribution < 1.29 is 34.2 Å². The zero-order valence-electron chi connectivity index (χ0n) is 15.4. The van der Waals surface area contributed by atoms with Crippen molar-refractivity contribution in [3.05, 3.63) is 29.8 Å². The van der Waals surface area contributed by atoms with Gasteiger partial charge in [0, 0.05) is 0 Å².